The fraction of sp³-hybridized carbons (Fsp3) is 0.222. The lowest BCUT2D eigenvalue weighted by Gasteiger charge is -1.97. The van der Waals surface area contributed by atoms with Gasteiger partial charge in [-0.1, -0.05) is 17.8 Å². The number of nitrogens with zero attached hydrogens (tertiary/aromatic N) is 2. The maximum Gasteiger partial charge on any atom is 0.194 e. The molecule has 0 aliphatic heterocycles. The largest absolute Gasteiger partial charge is 0.287 e. The van der Waals surface area contributed by atoms with Crippen LogP contribution in [0.3, 0.4) is 0 Å². The predicted molar refractivity (Wildman–Crippen MR) is 51.2 cm³/mol. The Morgan fingerprint density at radius 1 is 1.69 bits per heavy atom. The normalized spacial score (nSPS) is 9.23. The molecule has 0 radical (unpaired) electrons. The predicted octanol–water partition coefficient (Wildman–Crippen LogP) is 1.39. The summed E-state index contributed by atoms with van der Waals surface area (Å²) in [6.45, 7) is 0. The molecule has 1 aromatic rings. The summed E-state index contributed by atoms with van der Waals surface area (Å²) in [6.07, 6.45) is 2.02. The fourth-order valence-electron chi connectivity index (χ4n) is 0.860. The average Bonchev–Trinajstić information content (AvgIpc) is 2.18. The molecule has 1 heterocycles. The number of hydrogen-bond acceptors (Lipinski definition) is 4. The van der Waals surface area contributed by atoms with E-state index in [0.717, 1.165) is 0 Å². The van der Waals surface area contributed by atoms with E-state index < -0.39 is 0 Å². The zero-order chi connectivity index (χ0) is 9.68. The highest BCUT2D eigenvalue weighted by atomic mass is 32.2. The highest BCUT2D eigenvalue weighted by molar-refractivity contribution is 8.13. The van der Waals surface area contributed by atoms with Gasteiger partial charge in [0.25, 0.3) is 0 Å². The first kappa shape index (κ1) is 9.75. The third-order valence-corrected chi connectivity index (χ3v) is 2.07. The zero-order valence-corrected chi connectivity index (χ0v) is 7.97. The number of hydrogen-bond donors (Lipinski definition) is 0. The molecule has 0 bridgehead atoms. The van der Waals surface area contributed by atoms with Crippen molar-refractivity contribution in [1.29, 1.82) is 5.26 Å². The third kappa shape index (κ3) is 2.88. The van der Waals surface area contributed by atoms with Gasteiger partial charge in [0.2, 0.25) is 0 Å². The Morgan fingerprint density at radius 2 is 2.46 bits per heavy atom. The van der Waals surface area contributed by atoms with Crippen molar-refractivity contribution in [2.75, 3.05) is 6.26 Å². The summed E-state index contributed by atoms with van der Waals surface area (Å²) >= 11 is 1.17. The van der Waals surface area contributed by atoms with Gasteiger partial charge < -0.3 is 0 Å². The number of rotatable bonds is 2. The summed E-state index contributed by atoms with van der Waals surface area (Å²) in [6, 6.07) is 7.02. The highest BCUT2D eigenvalue weighted by Crippen LogP contribution is 2.04. The van der Waals surface area contributed by atoms with Crippen molar-refractivity contribution >= 4 is 16.9 Å². The molecule has 0 saturated carbocycles. The van der Waals surface area contributed by atoms with E-state index in [1.807, 2.05) is 6.07 Å². The molecule has 66 valence electrons. The van der Waals surface area contributed by atoms with Crippen LogP contribution in [0.5, 0.6) is 0 Å². The van der Waals surface area contributed by atoms with Crippen LogP contribution in [0.4, 0.5) is 0 Å². The van der Waals surface area contributed by atoms with Gasteiger partial charge in [-0.25, -0.2) is 4.98 Å². The molecule has 0 spiro atoms. The van der Waals surface area contributed by atoms with Crippen molar-refractivity contribution in [3.05, 3.63) is 29.6 Å². The molecule has 1 rings (SSSR count). The minimum Gasteiger partial charge on any atom is -0.287 e. The maximum atomic E-state index is 11.0. The summed E-state index contributed by atoms with van der Waals surface area (Å²) in [5.41, 5.74) is 1.00. The van der Waals surface area contributed by atoms with Crippen LogP contribution in [0, 0.1) is 11.3 Å². The van der Waals surface area contributed by atoms with Gasteiger partial charge in [-0.05, 0) is 18.4 Å². The molecule has 0 aromatic carbocycles. The van der Waals surface area contributed by atoms with Gasteiger partial charge in [-0.15, -0.1) is 0 Å². The van der Waals surface area contributed by atoms with E-state index in [0.29, 0.717) is 11.4 Å². The maximum absolute atomic E-state index is 11.0. The van der Waals surface area contributed by atoms with Gasteiger partial charge >= 0.3 is 0 Å². The van der Waals surface area contributed by atoms with Crippen molar-refractivity contribution in [3.63, 3.8) is 0 Å². The van der Waals surface area contributed by atoms with Crippen molar-refractivity contribution in [3.8, 4) is 6.07 Å². The Morgan fingerprint density at radius 3 is 3.08 bits per heavy atom. The van der Waals surface area contributed by atoms with Crippen LogP contribution < -0.4 is 0 Å². The van der Waals surface area contributed by atoms with Gasteiger partial charge in [0.1, 0.15) is 11.8 Å². The minimum absolute atomic E-state index is 0.0580. The molecule has 3 nitrogen and oxygen atoms in total. The monoisotopic (exact) mass is 192 g/mol. The molecule has 0 saturated heterocycles. The van der Waals surface area contributed by atoms with Crippen molar-refractivity contribution in [2.24, 2.45) is 0 Å². The first-order valence-electron chi connectivity index (χ1n) is 3.69. The first-order valence-corrected chi connectivity index (χ1v) is 4.91. The molecule has 0 N–H and O–H groups in total. The second kappa shape index (κ2) is 4.63. The number of thioether (sulfide) groups is 1. The molecular formula is C9H8N2OS. The summed E-state index contributed by atoms with van der Waals surface area (Å²) in [7, 11) is 0. The van der Waals surface area contributed by atoms with Crippen molar-refractivity contribution < 1.29 is 4.79 Å². The number of nitriles is 1. The minimum atomic E-state index is 0.0580. The Balaban J connectivity index is 2.79. The molecule has 1 aromatic heterocycles. The molecular weight excluding hydrogens is 184 g/mol. The zero-order valence-electron chi connectivity index (χ0n) is 7.15. The molecule has 0 fully saturated rings. The van der Waals surface area contributed by atoms with Crippen LogP contribution in [0.1, 0.15) is 11.4 Å². The Labute approximate surface area is 80.8 Å². The van der Waals surface area contributed by atoms with E-state index in [1.165, 1.54) is 11.8 Å². The second-order valence-corrected chi connectivity index (χ2v) is 3.24. The summed E-state index contributed by atoms with van der Waals surface area (Å²) < 4.78 is 0. The standard InChI is InChI=1S/C9H8N2OS/c1-13-9(12)5-7-3-2-4-8(6-10)11-7/h2-4H,5H2,1H3. The van der Waals surface area contributed by atoms with E-state index in [-0.39, 0.29) is 11.5 Å². The van der Waals surface area contributed by atoms with Crippen molar-refractivity contribution in [2.45, 2.75) is 6.42 Å². The van der Waals surface area contributed by atoms with Crippen LogP contribution in [-0.2, 0) is 11.2 Å². The fourth-order valence-corrected chi connectivity index (χ4v) is 1.15. The quantitative estimate of drug-likeness (QED) is 0.710. The summed E-state index contributed by atoms with van der Waals surface area (Å²) in [4.78, 5) is 15.0. The molecule has 0 unspecified atom stereocenters. The Hall–Kier alpha value is -1.34. The van der Waals surface area contributed by atoms with Crippen molar-refractivity contribution in [1.82, 2.24) is 4.98 Å². The van der Waals surface area contributed by atoms with Crippen LogP contribution >= 0.6 is 11.8 Å². The lowest BCUT2D eigenvalue weighted by molar-refractivity contribution is -0.110. The Kier molecular flexibility index (Phi) is 3.47. The summed E-state index contributed by atoms with van der Waals surface area (Å²) in [5.74, 6) is 0. The molecule has 0 amide bonds. The van der Waals surface area contributed by atoms with E-state index in [9.17, 15) is 4.79 Å². The molecule has 13 heavy (non-hydrogen) atoms. The molecule has 0 atom stereocenters. The third-order valence-electron chi connectivity index (χ3n) is 1.47. The summed E-state index contributed by atoms with van der Waals surface area (Å²) in [5, 5.41) is 8.61. The van der Waals surface area contributed by atoms with E-state index in [1.54, 1.807) is 24.5 Å². The van der Waals surface area contributed by atoms with Gasteiger partial charge in [0, 0.05) is 0 Å². The van der Waals surface area contributed by atoms with E-state index in [4.69, 9.17) is 5.26 Å². The van der Waals surface area contributed by atoms with Gasteiger partial charge in [-0.2, -0.15) is 5.26 Å². The lowest BCUT2D eigenvalue weighted by atomic mass is 10.2. The van der Waals surface area contributed by atoms with E-state index >= 15 is 0 Å². The van der Waals surface area contributed by atoms with Crippen LogP contribution in [0.2, 0.25) is 0 Å². The smallest absolute Gasteiger partial charge is 0.194 e. The molecule has 4 heteroatoms. The highest BCUT2D eigenvalue weighted by Gasteiger charge is 2.03. The van der Waals surface area contributed by atoms with Crippen LogP contribution in [0.15, 0.2) is 18.2 Å². The lowest BCUT2D eigenvalue weighted by Crippen LogP contribution is -1.99. The number of aromatic nitrogens is 1. The van der Waals surface area contributed by atoms with Gasteiger partial charge in [0.15, 0.2) is 5.12 Å². The van der Waals surface area contributed by atoms with Gasteiger partial charge in [-0.3, -0.25) is 4.79 Å². The number of carbonyl (C=O) groups is 1. The van der Waals surface area contributed by atoms with Crippen LogP contribution in [0.25, 0.3) is 0 Å². The topological polar surface area (TPSA) is 53.8 Å². The molecule has 0 aliphatic carbocycles. The molecule has 0 aliphatic rings. The van der Waals surface area contributed by atoms with E-state index in [2.05, 4.69) is 4.98 Å². The number of pyridine rings is 1. The SMILES string of the molecule is CSC(=O)Cc1cccc(C#N)n1. The van der Waals surface area contributed by atoms with Gasteiger partial charge in [0.05, 0.1) is 12.1 Å². The first-order chi connectivity index (χ1) is 6.26. The van der Waals surface area contributed by atoms with Crippen LogP contribution in [-0.4, -0.2) is 16.4 Å². The number of carbonyl (C=O) groups excluding carboxylic acids is 1. The Bertz CT molecular complexity index is 357. The average molecular weight is 192 g/mol. The second-order valence-electron chi connectivity index (χ2n) is 2.38.